The first kappa shape index (κ1) is 20.0. The van der Waals surface area contributed by atoms with Gasteiger partial charge in [0.25, 0.3) is 0 Å². The fourth-order valence-corrected chi connectivity index (χ4v) is 4.22. The van der Waals surface area contributed by atoms with E-state index >= 15 is 0 Å². The summed E-state index contributed by atoms with van der Waals surface area (Å²) in [6.45, 7) is 2.91. The molecule has 0 bridgehead atoms. The summed E-state index contributed by atoms with van der Waals surface area (Å²) in [7, 11) is 0. The lowest BCUT2D eigenvalue weighted by atomic mass is 10.1. The summed E-state index contributed by atoms with van der Waals surface area (Å²) in [4.78, 5) is 39.9. The molecular weight excluding hydrogens is 432 g/mol. The largest absolute Gasteiger partial charge is 0.477 e. The van der Waals surface area contributed by atoms with Crippen LogP contribution in [0.25, 0.3) is 16.7 Å². The van der Waals surface area contributed by atoms with E-state index in [1.165, 1.54) is 18.5 Å². The van der Waals surface area contributed by atoms with Crippen LogP contribution in [0.2, 0.25) is 5.02 Å². The predicted molar refractivity (Wildman–Crippen MR) is 120 cm³/mol. The normalized spacial score (nSPS) is 12.9. The summed E-state index contributed by atoms with van der Waals surface area (Å²) in [6.07, 6.45) is 4.52. The van der Waals surface area contributed by atoms with Gasteiger partial charge in [-0.2, -0.15) is 0 Å². The molecule has 0 amide bonds. The van der Waals surface area contributed by atoms with Crippen molar-refractivity contribution in [2.24, 2.45) is 0 Å². The van der Waals surface area contributed by atoms with Crippen LogP contribution in [0.3, 0.4) is 0 Å². The van der Waals surface area contributed by atoms with E-state index in [0.717, 1.165) is 16.8 Å². The molecule has 1 aliphatic rings. The number of fused-ring (bicyclic) bond motifs is 2. The number of nitrogens with two attached hydrogens (primary N) is 1. The number of nitrogens with zero attached hydrogens (tertiary/aromatic N) is 5. The molecule has 0 aliphatic carbocycles. The van der Waals surface area contributed by atoms with Crippen molar-refractivity contribution < 1.29 is 9.90 Å². The molecule has 9 nitrogen and oxygen atoms in total. The van der Waals surface area contributed by atoms with Crippen molar-refractivity contribution in [3.8, 4) is 5.69 Å². The molecule has 4 aromatic rings. The Morgan fingerprint density at radius 3 is 2.78 bits per heavy atom. The van der Waals surface area contributed by atoms with Gasteiger partial charge in [0.05, 0.1) is 34.5 Å². The minimum Gasteiger partial charge on any atom is -0.477 e. The van der Waals surface area contributed by atoms with Gasteiger partial charge < -0.3 is 15.7 Å². The van der Waals surface area contributed by atoms with E-state index in [1.54, 1.807) is 16.8 Å². The molecule has 0 fully saturated rings. The molecule has 3 N–H and O–H groups in total. The number of carboxylic acids is 1. The van der Waals surface area contributed by atoms with Crippen LogP contribution < -0.4 is 16.1 Å². The van der Waals surface area contributed by atoms with Crippen LogP contribution in [-0.4, -0.2) is 30.6 Å². The molecule has 5 rings (SSSR count). The van der Waals surface area contributed by atoms with E-state index in [9.17, 15) is 14.7 Å². The van der Waals surface area contributed by atoms with Gasteiger partial charge in [-0.1, -0.05) is 17.7 Å². The Kier molecular flexibility index (Phi) is 4.56. The average Bonchev–Trinajstić information content (AvgIpc) is 3.18. The van der Waals surface area contributed by atoms with E-state index < -0.39 is 17.0 Å². The standard InChI is InChI=1S/C22H17ClN6O3/c1-11-5-18(24)26-7-17(11)29-9-14(22(31)32)19(30)13-6-15(23)21(27-20(13)29)28-8-12-3-2-4-25-16(12)10-28/h2-7,9H,8,10H2,1H3,(H2,24,26)(H,31,32). The minimum absolute atomic E-state index is 0.102. The summed E-state index contributed by atoms with van der Waals surface area (Å²) in [5.74, 6) is -0.531. The zero-order valence-corrected chi connectivity index (χ0v) is 17.7. The molecule has 0 unspecified atom stereocenters. The Bertz CT molecular complexity index is 1460. The third-order valence-corrected chi connectivity index (χ3v) is 5.77. The van der Waals surface area contributed by atoms with Gasteiger partial charge >= 0.3 is 5.97 Å². The molecule has 0 spiro atoms. The number of rotatable bonds is 3. The van der Waals surface area contributed by atoms with E-state index in [2.05, 4.69) is 9.97 Å². The number of hydrogen-bond donors (Lipinski definition) is 2. The number of anilines is 2. The number of carbonyl (C=O) groups is 1. The van der Waals surface area contributed by atoms with Crippen molar-refractivity contribution in [1.29, 1.82) is 0 Å². The zero-order valence-electron chi connectivity index (χ0n) is 16.9. The van der Waals surface area contributed by atoms with E-state index in [-0.39, 0.29) is 16.1 Å². The maximum Gasteiger partial charge on any atom is 0.341 e. The first-order chi connectivity index (χ1) is 15.3. The predicted octanol–water partition coefficient (Wildman–Crippen LogP) is 2.94. The van der Waals surface area contributed by atoms with Crippen molar-refractivity contribution in [2.75, 3.05) is 10.6 Å². The van der Waals surface area contributed by atoms with Crippen LogP contribution in [0, 0.1) is 6.92 Å². The smallest absolute Gasteiger partial charge is 0.341 e. The number of aryl methyl sites for hydroxylation is 1. The second-order valence-corrected chi connectivity index (χ2v) is 7.98. The van der Waals surface area contributed by atoms with Gasteiger partial charge in [-0.15, -0.1) is 0 Å². The minimum atomic E-state index is -1.34. The molecule has 0 radical (unpaired) electrons. The zero-order chi connectivity index (χ0) is 22.6. The molecule has 10 heteroatoms. The lowest BCUT2D eigenvalue weighted by molar-refractivity contribution is 0.0695. The number of aromatic carboxylic acids is 1. The fourth-order valence-electron chi connectivity index (χ4n) is 3.94. The van der Waals surface area contributed by atoms with Gasteiger partial charge in [-0.05, 0) is 36.2 Å². The Labute approximate surface area is 186 Å². The fraction of sp³-hybridized carbons (Fsp3) is 0.136. The van der Waals surface area contributed by atoms with Crippen molar-refractivity contribution >= 4 is 40.2 Å². The van der Waals surface area contributed by atoms with E-state index in [4.69, 9.17) is 22.3 Å². The van der Waals surface area contributed by atoms with Crippen LogP contribution in [0.15, 0.2) is 47.7 Å². The van der Waals surface area contributed by atoms with Gasteiger partial charge in [0.15, 0.2) is 11.5 Å². The molecule has 4 aromatic heterocycles. The second kappa shape index (κ2) is 7.31. The van der Waals surface area contributed by atoms with Crippen LogP contribution in [0.1, 0.15) is 27.2 Å². The first-order valence-electron chi connectivity index (χ1n) is 9.73. The van der Waals surface area contributed by atoms with E-state index in [1.807, 2.05) is 24.0 Å². The number of pyridine rings is 4. The van der Waals surface area contributed by atoms with Crippen molar-refractivity contribution in [3.05, 3.63) is 80.5 Å². The number of nitrogen functional groups attached to an aromatic ring is 1. The number of aromatic nitrogens is 4. The molecule has 32 heavy (non-hydrogen) atoms. The summed E-state index contributed by atoms with van der Waals surface area (Å²) in [5, 5.41) is 9.94. The van der Waals surface area contributed by atoms with Crippen LogP contribution >= 0.6 is 11.6 Å². The molecule has 5 heterocycles. The third kappa shape index (κ3) is 3.14. The van der Waals surface area contributed by atoms with Crippen molar-refractivity contribution in [1.82, 2.24) is 19.5 Å². The highest BCUT2D eigenvalue weighted by molar-refractivity contribution is 6.33. The first-order valence-corrected chi connectivity index (χ1v) is 10.1. The Morgan fingerprint density at radius 1 is 1.25 bits per heavy atom. The topological polar surface area (TPSA) is 127 Å². The highest BCUT2D eigenvalue weighted by atomic mass is 35.5. The maximum absolute atomic E-state index is 12.9. The molecule has 0 saturated heterocycles. The molecule has 1 aliphatic heterocycles. The highest BCUT2D eigenvalue weighted by Crippen LogP contribution is 2.33. The average molecular weight is 449 g/mol. The van der Waals surface area contributed by atoms with Gasteiger partial charge in [0, 0.05) is 18.9 Å². The van der Waals surface area contributed by atoms with Gasteiger partial charge in [0.1, 0.15) is 11.4 Å². The van der Waals surface area contributed by atoms with Crippen molar-refractivity contribution in [3.63, 3.8) is 0 Å². The molecule has 160 valence electrons. The number of carboxylic acid groups (broad SMARTS) is 1. The van der Waals surface area contributed by atoms with Crippen LogP contribution in [0.4, 0.5) is 11.6 Å². The Balaban J connectivity index is 1.77. The summed E-state index contributed by atoms with van der Waals surface area (Å²) in [5.41, 5.74) is 8.31. The van der Waals surface area contributed by atoms with Crippen molar-refractivity contribution in [2.45, 2.75) is 20.0 Å². The SMILES string of the molecule is Cc1cc(N)ncc1-n1cc(C(=O)O)c(=O)c2cc(Cl)c(N3Cc4cccnc4C3)nc21. The number of halogens is 1. The second-order valence-electron chi connectivity index (χ2n) is 7.57. The summed E-state index contributed by atoms with van der Waals surface area (Å²) >= 11 is 6.53. The molecule has 0 aromatic carbocycles. The molecule has 0 atom stereocenters. The van der Waals surface area contributed by atoms with Gasteiger partial charge in [-0.3, -0.25) is 14.3 Å². The number of hydrogen-bond acceptors (Lipinski definition) is 7. The Morgan fingerprint density at radius 2 is 2.06 bits per heavy atom. The summed E-state index contributed by atoms with van der Waals surface area (Å²) < 4.78 is 1.54. The lowest BCUT2D eigenvalue weighted by Gasteiger charge is -2.20. The van der Waals surface area contributed by atoms with Gasteiger partial charge in [-0.25, -0.2) is 14.8 Å². The molecular formula is C22H17ClN6O3. The van der Waals surface area contributed by atoms with Crippen LogP contribution in [-0.2, 0) is 13.1 Å². The monoisotopic (exact) mass is 448 g/mol. The molecule has 0 saturated carbocycles. The van der Waals surface area contributed by atoms with E-state index in [0.29, 0.717) is 30.4 Å². The quantitative estimate of drug-likeness (QED) is 0.489. The van der Waals surface area contributed by atoms with Crippen LogP contribution in [0.5, 0.6) is 0 Å². The lowest BCUT2D eigenvalue weighted by Crippen LogP contribution is -2.22. The summed E-state index contributed by atoms with van der Waals surface area (Å²) in [6, 6.07) is 7.01. The third-order valence-electron chi connectivity index (χ3n) is 5.49. The highest BCUT2D eigenvalue weighted by Gasteiger charge is 2.25. The maximum atomic E-state index is 12.9. The van der Waals surface area contributed by atoms with Gasteiger partial charge in [0.2, 0.25) is 5.43 Å². The Hall–Kier alpha value is -3.98.